The quantitative estimate of drug-likeness (QED) is 0.820. The van der Waals surface area contributed by atoms with Gasteiger partial charge in [-0.2, -0.15) is 0 Å². The summed E-state index contributed by atoms with van der Waals surface area (Å²) >= 11 is 0. The zero-order valence-electron chi connectivity index (χ0n) is 13.3. The summed E-state index contributed by atoms with van der Waals surface area (Å²) in [7, 11) is 0. The summed E-state index contributed by atoms with van der Waals surface area (Å²) in [5.74, 6) is 1.40. The Morgan fingerprint density at radius 2 is 1.86 bits per heavy atom. The van der Waals surface area contributed by atoms with Gasteiger partial charge in [0, 0.05) is 12.2 Å². The minimum atomic E-state index is 0.690. The molecule has 2 aromatic carbocycles. The Morgan fingerprint density at radius 1 is 1.10 bits per heavy atom. The van der Waals surface area contributed by atoms with Crippen LogP contribution < -0.4 is 5.32 Å². The van der Waals surface area contributed by atoms with Crippen LogP contribution in [0, 0.1) is 12.8 Å². The Labute approximate surface area is 128 Å². The predicted molar refractivity (Wildman–Crippen MR) is 91.1 cm³/mol. The van der Waals surface area contributed by atoms with Gasteiger partial charge in [0.25, 0.3) is 0 Å². The molecule has 1 atom stereocenters. The summed E-state index contributed by atoms with van der Waals surface area (Å²) in [6.45, 7) is 8.04. The van der Waals surface area contributed by atoms with Crippen molar-refractivity contribution in [3.05, 3.63) is 64.7 Å². The maximum atomic E-state index is 3.61. The highest BCUT2D eigenvalue weighted by Crippen LogP contribution is 2.39. The maximum Gasteiger partial charge on any atom is 0.0405 e. The first-order chi connectivity index (χ1) is 10.1. The molecule has 3 rings (SSSR count). The van der Waals surface area contributed by atoms with Gasteiger partial charge in [0.15, 0.2) is 0 Å². The number of anilines is 1. The predicted octanol–water partition coefficient (Wildman–Crippen LogP) is 5.14. The average Bonchev–Trinajstić information content (AvgIpc) is 2.47. The molecule has 1 heteroatoms. The van der Waals surface area contributed by atoms with Crippen molar-refractivity contribution in [2.24, 2.45) is 5.92 Å². The van der Waals surface area contributed by atoms with E-state index >= 15 is 0 Å². The van der Waals surface area contributed by atoms with Crippen molar-refractivity contribution >= 4 is 5.69 Å². The van der Waals surface area contributed by atoms with Gasteiger partial charge in [-0.05, 0) is 53.9 Å². The SMILES string of the molecule is Cc1cc(Cc2ccccc2)cc2c1NCCC2C(C)C. The highest BCUT2D eigenvalue weighted by atomic mass is 14.9. The van der Waals surface area contributed by atoms with Crippen LogP contribution in [0.5, 0.6) is 0 Å². The summed E-state index contributed by atoms with van der Waals surface area (Å²) in [5, 5.41) is 3.61. The molecule has 1 aliphatic heterocycles. The minimum absolute atomic E-state index is 0.690. The van der Waals surface area contributed by atoms with E-state index in [4.69, 9.17) is 0 Å². The Hall–Kier alpha value is -1.76. The maximum absolute atomic E-state index is 3.61. The molecule has 2 aromatic rings. The number of aryl methyl sites for hydroxylation is 1. The summed E-state index contributed by atoms with van der Waals surface area (Å²) in [5.41, 5.74) is 7.14. The lowest BCUT2D eigenvalue weighted by molar-refractivity contribution is 0.469. The molecular weight excluding hydrogens is 254 g/mol. The molecule has 0 amide bonds. The van der Waals surface area contributed by atoms with Gasteiger partial charge < -0.3 is 5.32 Å². The van der Waals surface area contributed by atoms with E-state index in [9.17, 15) is 0 Å². The van der Waals surface area contributed by atoms with Crippen LogP contribution in [0.3, 0.4) is 0 Å². The standard InChI is InChI=1S/C20H25N/c1-14(2)18-9-10-21-20-15(3)11-17(13-19(18)20)12-16-7-5-4-6-8-16/h4-8,11,13-14,18,21H,9-10,12H2,1-3H3. The lowest BCUT2D eigenvalue weighted by Gasteiger charge is -2.31. The minimum Gasteiger partial charge on any atom is -0.385 e. The summed E-state index contributed by atoms with van der Waals surface area (Å²) in [6, 6.07) is 15.5. The molecule has 1 heterocycles. The van der Waals surface area contributed by atoms with E-state index in [1.807, 2.05) is 0 Å². The zero-order chi connectivity index (χ0) is 14.8. The molecule has 0 bridgehead atoms. The third-order valence-corrected chi connectivity index (χ3v) is 4.64. The summed E-state index contributed by atoms with van der Waals surface area (Å²) in [4.78, 5) is 0. The lowest BCUT2D eigenvalue weighted by atomic mass is 9.80. The molecule has 0 saturated carbocycles. The van der Waals surface area contributed by atoms with Gasteiger partial charge in [0.1, 0.15) is 0 Å². The number of fused-ring (bicyclic) bond motifs is 1. The topological polar surface area (TPSA) is 12.0 Å². The Bertz CT molecular complexity index is 613. The zero-order valence-corrected chi connectivity index (χ0v) is 13.3. The molecule has 0 radical (unpaired) electrons. The Morgan fingerprint density at radius 3 is 2.57 bits per heavy atom. The second kappa shape index (κ2) is 5.93. The first-order valence-corrected chi connectivity index (χ1v) is 8.06. The molecule has 0 aromatic heterocycles. The van der Waals surface area contributed by atoms with E-state index in [1.54, 1.807) is 0 Å². The van der Waals surface area contributed by atoms with E-state index in [0.717, 1.165) is 13.0 Å². The fraction of sp³-hybridized carbons (Fsp3) is 0.400. The molecule has 110 valence electrons. The van der Waals surface area contributed by atoms with Gasteiger partial charge in [-0.15, -0.1) is 0 Å². The van der Waals surface area contributed by atoms with Crippen LogP contribution in [0.4, 0.5) is 5.69 Å². The number of benzene rings is 2. The van der Waals surface area contributed by atoms with Crippen LogP contribution in [0.15, 0.2) is 42.5 Å². The van der Waals surface area contributed by atoms with Gasteiger partial charge in [0.2, 0.25) is 0 Å². The molecule has 1 N–H and O–H groups in total. The van der Waals surface area contributed by atoms with E-state index in [-0.39, 0.29) is 0 Å². The van der Waals surface area contributed by atoms with Gasteiger partial charge >= 0.3 is 0 Å². The Kier molecular flexibility index (Phi) is 4.01. The Balaban J connectivity index is 1.97. The van der Waals surface area contributed by atoms with Crippen LogP contribution in [0.25, 0.3) is 0 Å². The van der Waals surface area contributed by atoms with Crippen molar-refractivity contribution in [3.8, 4) is 0 Å². The molecular formula is C20H25N. The van der Waals surface area contributed by atoms with E-state index < -0.39 is 0 Å². The van der Waals surface area contributed by atoms with Gasteiger partial charge in [-0.25, -0.2) is 0 Å². The summed E-state index contributed by atoms with van der Waals surface area (Å²) in [6.07, 6.45) is 2.28. The van der Waals surface area contributed by atoms with Crippen molar-refractivity contribution in [1.29, 1.82) is 0 Å². The van der Waals surface area contributed by atoms with Crippen molar-refractivity contribution in [1.82, 2.24) is 0 Å². The normalized spacial score (nSPS) is 17.4. The third-order valence-electron chi connectivity index (χ3n) is 4.64. The number of hydrogen-bond donors (Lipinski definition) is 1. The first-order valence-electron chi connectivity index (χ1n) is 8.06. The fourth-order valence-corrected chi connectivity index (χ4v) is 3.56. The molecule has 1 aliphatic rings. The van der Waals surface area contributed by atoms with E-state index in [0.29, 0.717) is 11.8 Å². The average molecular weight is 279 g/mol. The van der Waals surface area contributed by atoms with Crippen molar-refractivity contribution < 1.29 is 0 Å². The fourth-order valence-electron chi connectivity index (χ4n) is 3.56. The number of rotatable bonds is 3. The second-order valence-corrected chi connectivity index (χ2v) is 6.61. The van der Waals surface area contributed by atoms with Gasteiger partial charge in [0.05, 0.1) is 0 Å². The van der Waals surface area contributed by atoms with Crippen molar-refractivity contribution in [3.63, 3.8) is 0 Å². The van der Waals surface area contributed by atoms with E-state index in [2.05, 4.69) is 68.6 Å². The molecule has 21 heavy (non-hydrogen) atoms. The van der Waals surface area contributed by atoms with E-state index in [1.165, 1.54) is 34.4 Å². The first kappa shape index (κ1) is 14.2. The van der Waals surface area contributed by atoms with Crippen LogP contribution in [0.1, 0.15) is 48.4 Å². The molecule has 1 nitrogen and oxygen atoms in total. The summed E-state index contributed by atoms with van der Waals surface area (Å²) < 4.78 is 0. The largest absolute Gasteiger partial charge is 0.385 e. The monoisotopic (exact) mass is 279 g/mol. The molecule has 0 aliphatic carbocycles. The van der Waals surface area contributed by atoms with Gasteiger partial charge in [-0.1, -0.05) is 56.3 Å². The lowest BCUT2D eigenvalue weighted by Crippen LogP contribution is -2.21. The second-order valence-electron chi connectivity index (χ2n) is 6.61. The van der Waals surface area contributed by atoms with Crippen LogP contribution in [-0.2, 0) is 6.42 Å². The van der Waals surface area contributed by atoms with Crippen LogP contribution in [0.2, 0.25) is 0 Å². The molecule has 0 saturated heterocycles. The highest BCUT2D eigenvalue weighted by Gasteiger charge is 2.24. The third kappa shape index (κ3) is 2.97. The number of hydrogen-bond acceptors (Lipinski definition) is 1. The molecule has 1 unspecified atom stereocenters. The number of nitrogens with one attached hydrogen (secondary N) is 1. The highest BCUT2D eigenvalue weighted by molar-refractivity contribution is 5.62. The van der Waals surface area contributed by atoms with Crippen LogP contribution in [-0.4, -0.2) is 6.54 Å². The van der Waals surface area contributed by atoms with Gasteiger partial charge in [-0.3, -0.25) is 0 Å². The smallest absolute Gasteiger partial charge is 0.0405 e. The van der Waals surface area contributed by atoms with Crippen LogP contribution >= 0.6 is 0 Å². The molecule has 0 spiro atoms. The van der Waals surface area contributed by atoms with Crippen molar-refractivity contribution in [2.75, 3.05) is 11.9 Å². The van der Waals surface area contributed by atoms with Crippen molar-refractivity contribution in [2.45, 2.75) is 39.5 Å². The molecule has 0 fully saturated rings.